The van der Waals surface area contributed by atoms with Gasteiger partial charge in [-0.2, -0.15) is 0 Å². The molecule has 0 aliphatic carbocycles. The van der Waals surface area contributed by atoms with E-state index in [4.69, 9.17) is 4.74 Å². The third-order valence-electron chi connectivity index (χ3n) is 4.33. The van der Waals surface area contributed by atoms with Crippen molar-refractivity contribution in [1.82, 2.24) is 15.2 Å². The Balaban J connectivity index is 1.80. The molecule has 1 aromatic carbocycles. The number of aryl methyl sites for hydroxylation is 2. The van der Waals surface area contributed by atoms with Gasteiger partial charge in [0.05, 0.1) is 12.6 Å². The number of nitrogens with zero attached hydrogens (tertiary/aromatic N) is 2. The van der Waals surface area contributed by atoms with Crippen molar-refractivity contribution in [3.8, 4) is 0 Å². The normalized spacial score (nSPS) is 20.6. The lowest BCUT2D eigenvalue weighted by molar-refractivity contribution is -0.162. The van der Waals surface area contributed by atoms with Crippen LogP contribution in [0.4, 0.5) is 0 Å². The molecule has 0 spiro atoms. The number of rotatable bonds is 4. The highest BCUT2D eigenvalue weighted by Crippen LogP contribution is 2.31. The largest absolute Gasteiger partial charge is 0.356 e. The van der Waals surface area contributed by atoms with E-state index in [-0.39, 0.29) is 18.4 Å². The fourth-order valence-electron chi connectivity index (χ4n) is 2.97. The number of benzene rings is 1. The molecule has 1 aliphatic heterocycles. The number of morpholine rings is 1. The Kier molecular flexibility index (Phi) is 5.15. The van der Waals surface area contributed by atoms with Crippen molar-refractivity contribution in [1.29, 1.82) is 0 Å². The Morgan fingerprint density at radius 3 is 2.84 bits per heavy atom. The van der Waals surface area contributed by atoms with Gasteiger partial charge in [-0.15, -0.1) is 11.3 Å². The molecule has 1 aliphatic rings. The molecule has 3 rings (SSSR count). The molecule has 0 bridgehead atoms. The number of ether oxygens (including phenoxy) is 1. The molecule has 2 atom stereocenters. The van der Waals surface area contributed by atoms with E-state index in [2.05, 4.69) is 10.3 Å². The average Bonchev–Trinajstić information content (AvgIpc) is 3.01. The van der Waals surface area contributed by atoms with Crippen LogP contribution in [0.2, 0.25) is 0 Å². The van der Waals surface area contributed by atoms with Crippen LogP contribution in [0.25, 0.3) is 0 Å². The molecule has 0 radical (unpaired) electrons. The highest BCUT2D eigenvalue weighted by Gasteiger charge is 2.40. The minimum absolute atomic E-state index is 0.0900. The molecule has 1 saturated heterocycles. The Morgan fingerprint density at radius 2 is 2.16 bits per heavy atom. The van der Waals surface area contributed by atoms with Crippen LogP contribution in [0.15, 0.2) is 29.6 Å². The third kappa shape index (κ3) is 3.72. The van der Waals surface area contributed by atoms with Crippen molar-refractivity contribution in [2.45, 2.75) is 32.5 Å². The maximum atomic E-state index is 12.7. The highest BCUT2D eigenvalue weighted by molar-refractivity contribution is 7.09. The first-order valence-corrected chi connectivity index (χ1v) is 8.97. The van der Waals surface area contributed by atoms with Crippen molar-refractivity contribution >= 4 is 23.2 Å². The van der Waals surface area contributed by atoms with Gasteiger partial charge in [0, 0.05) is 18.1 Å². The molecule has 0 saturated carbocycles. The van der Waals surface area contributed by atoms with E-state index in [0.717, 1.165) is 21.8 Å². The summed E-state index contributed by atoms with van der Waals surface area (Å²) >= 11 is 1.51. The first kappa shape index (κ1) is 17.6. The highest BCUT2D eigenvalue weighted by atomic mass is 32.1. The van der Waals surface area contributed by atoms with Gasteiger partial charge in [-0.25, -0.2) is 4.98 Å². The second-order valence-electron chi connectivity index (χ2n) is 6.14. The number of carbonyl (C=O) groups excluding carboxylic acids is 2. The summed E-state index contributed by atoms with van der Waals surface area (Å²) in [7, 11) is 1.71. The van der Waals surface area contributed by atoms with Crippen LogP contribution in [0.5, 0.6) is 0 Å². The topological polar surface area (TPSA) is 71.5 Å². The molecule has 6 nitrogen and oxygen atoms in total. The molecular weight excluding hydrogens is 338 g/mol. The van der Waals surface area contributed by atoms with Gasteiger partial charge in [0.25, 0.3) is 5.91 Å². The minimum Gasteiger partial charge on any atom is -0.356 e. The number of aromatic nitrogens is 1. The summed E-state index contributed by atoms with van der Waals surface area (Å²) in [6, 6.07) is 7.30. The average molecular weight is 359 g/mol. The third-order valence-corrected chi connectivity index (χ3v) is 5.30. The van der Waals surface area contributed by atoms with Gasteiger partial charge >= 0.3 is 0 Å². The van der Waals surface area contributed by atoms with E-state index in [1.165, 1.54) is 11.3 Å². The van der Waals surface area contributed by atoms with Gasteiger partial charge in [0.1, 0.15) is 11.6 Å². The van der Waals surface area contributed by atoms with E-state index in [9.17, 15) is 9.59 Å². The van der Waals surface area contributed by atoms with E-state index in [1.807, 2.05) is 43.5 Å². The maximum absolute atomic E-state index is 12.7. The quantitative estimate of drug-likeness (QED) is 0.906. The molecule has 1 aromatic heterocycles. The molecule has 2 amide bonds. The summed E-state index contributed by atoms with van der Waals surface area (Å²) in [6.45, 7) is 4.15. The maximum Gasteiger partial charge on any atom is 0.252 e. The summed E-state index contributed by atoms with van der Waals surface area (Å²) in [5.74, 6) is -0.367. The van der Waals surface area contributed by atoms with Gasteiger partial charge in [-0.1, -0.05) is 24.3 Å². The van der Waals surface area contributed by atoms with E-state index >= 15 is 0 Å². The van der Waals surface area contributed by atoms with Crippen LogP contribution in [0.1, 0.15) is 27.9 Å². The predicted octanol–water partition coefficient (Wildman–Crippen LogP) is 1.97. The first-order valence-electron chi connectivity index (χ1n) is 8.09. The molecule has 2 heterocycles. The predicted molar refractivity (Wildman–Crippen MR) is 95.1 cm³/mol. The lowest BCUT2D eigenvalue weighted by atomic mass is 9.94. The Bertz CT molecular complexity index is 789. The zero-order chi connectivity index (χ0) is 18.0. The number of thiazole rings is 1. The zero-order valence-electron chi connectivity index (χ0n) is 14.5. The van der Waals surface area contributed by atoms with E-state index < -0.39 is 12.1 Å². The van der Waals surface area contributed by atoms with Gasteiger partial charge in [0.2, 0.25) is 5.91 Å². The van der Waals surface area contributed by atoms with Crippen LogP contribution < -0.4 is 5.32 Å². The van der Waals surface area contributed by atoms with Crippen LogP contribution in [-0.2, 0) is 20.9 Å². The molecule has 132 valence electrons. The van der Waals surface area contributed by atoms with E-state index in [1.54, 1.807) is 11.9 Å². The molecular formula is C18H21N3O3S. The summed E-state index contributed by atoms with van der Waals surface area (Å²) in [5.41, 5.74) is 2.88. The minimum atomic E-state index is -0.746. The van der Waals surface area contributed by atoms with E-state index in [0.29, 0.717) is 6.54 Å². The fraction of sp³-hybridized carbons (Fsp3) is 0.389. The fourth-order valence-corrected chi connectivity index (χ4v) is 3.68. The second kappa shape index (κ2) is 7.33. The standard InChI is InChI=1S/C18H21N3O3S/c1-11-6-4-5-7-13(11)16-17(24-9-15(22)21(16)3)18(23)19-8-14-20-12(2)10-25-14/h4-7,10,16-17H,8-9H2,1-3H3,(H,19,23)/t16-,17+/m1/s1. The number of amides is 2. The van der Waals surface area contributed by atoms with Crippen molar-refractivity contribution in [2.75, 3.05) is 13.7 Å². The van der Waals surface area contributed by atoms with Crippen LogP contribution in [0.3, 0.4) is 0 Å². The Hall–Kier alpha value is -2.25. The van der Waals surface area contributed by atoms with Crippen LogP contribution >= 0.6 is 11.3 Å². The number of hydrogen-bond acceptors (Lipinski definition) is 5. The van der Waals surface area contributed by atoms with Crippen molar-refractivity contribution in [2.24, 2.45) is 0 Å². The molecule has 7 heteroatoms. The second-order valence-corrected chi connectivity index (χ2v) is 7.08. The zero-order valence-corrected chi connectivity index (χ0v) is 15.3. The van der Waals surface area contributed by atoms with Crippen molar-refractivity contribution in [3.05, 3.63) is 51.5 Å². The Labute approximate surface area is 150 Å². The number of carbonyl (C=O) groups is 2. The lowest BCUT2D eigenvalue weighted by Gasteiger charge is -2.38. The molecule has 2 aromatic rings. The van der Waals surface area contributed by atoms with Gasteiger partial charge in [0.15, 0.2) is 6.10 Å². The summed E-state index contributed by atoms with van der Waals surface area (Å²) in [6.07, 6.45) is -0.746. The Morgan fingerprint density at radius 1 is 1.40 bits per heavy atom. The SMILES string of the molecule is Cc1csc(CNC(=O)[C@H]2OCC(=O)N(C)[C@@H]2c2ccccc2C)n1. The molecule has 25 heavy (non-hydrogen) atoms. The van der Waals surface area contributed by atoms with Crippen molar-refractivity contribution in [3.63, 3.8) is 0 Å². The number of hydrogen-bond donors (Lipinski definition) is 1. The van der Waals surface area contributed by atoms with Gasteiger partial charge in [-0.3, -0.25) is 9.59 Å². The monoisotopic (exact) mass is 359 g/mol. The van der Waals surface area contributed by atoms with Crippen molar-refractivity contribution < 1.29 is 14.3 Å². The summed E-state index contributed by atoms with van der Waals surface area (Å²) in [4.78, 5) is 30.8. The first-order chi connectivity index (χ1) is 12.0. The van der Waals surface area contributed by atoms with Gasteiger partial charge in [-0.05, 0) is 25.0 Å². The summed E-state index contributed by atoms with van der Waals surface area (Å²) < 4.78 is 5.62. The summed E-state index contributed by atoms with van der Waals surface area (Å²) in [5, 5.41) is 5.67. The van der Waals surface area contributed by atoms with Gasteiger partial charge < -0.3 is 15.0 Å². The molecule has 0 unspecified atom stereocenters. The molecule has 1 N–H and O–H groups in total. The van der Waals surface area contributed by atoms with Crippen LogP contribution in [0, 0.1) is 13.8 Å². The lowest BCUT2D eigenvalue weighted by Crippen LogP contribution is -2.53. The van der Waals surface area contributed by atoms with Crippen LogP contribution in [-0.4, -0.2) is 41.5 Å². The molecule has 1 fully saturated rings. The smallest absolute Gasteiger partial charge is 0.252 e. The number of likely N-dealkylation sites (N-methyl/N-ethyl adjacent to an activating group) is 1. The number of nitrogens with one attached hydrogen (secondary N) is 1.